The van der Waals surface area contributed by atoms with Crippen LogP contribution in [0.3, 0.4) is 0 Å². The second-order valence-electron chi connectivity index (χ2n) is 6.52. The van der Waals surface area contributed by atoms with Crippen LogP contribution in [0.5, 0.6) is 0 Å². The van der Waals surface area contributed by atoms with Crippen LogP contribution >= 0.6 is 0 Å². The van der Waals surface area contributed by atoms with E-state index in [1.165, 1.54) is 0 Å². The highest BCUT2D eigenvalue weighted by molar-refractivity contribution is 5.53. The Hall–Kier alpha value is -3.44. The van der Waals surface area contributed by atoms with Crippen molar-refractivity contribution >= 4 is 0 Å². The molecule has 0 amide bonds. The first kappa shape index (κ1) is 17.9. The van der Waals surface area contributed by atoms with Crippen molar-refractivity contribution in [2.24, 2.45) is 0 Å². The van der Waals surface area contributed by atoms with Crippen LogP contribution in [-0.4, -0.2) is 24.8 Å². The van der Waals surface area contributed by atoms with E-state index < -0.39 is 0 Å². The molecule has 0 spiro atoms. The standard InChI is InChI=1S/C23H21N5/c1-4-13-24-19(8-1)16-28(17-20-9-2-5-14-25-20)18-21-10-7-12-23(27-21)22-11-3-6-15-26-22/h1-15H,16-18H2. The van der Waals surface area contributed by atoms with Crippen molar-refractivity contribution in [2.45, 2.75) is 19.6 Å². The van der Waals surface area contributed by atoms with Gasteiger partial charge in [0.25, 0.3) is 0 Å². The van der Waals surface area contributed by atoms with Crippen LogP contribution in [0, 0.1) is 0 Å². The zero-order valence-corrected chi connectivity index (χ0v) is 15.5. The molecule has 5 nitrogen and oxygen atoms in total. The van der Waals surface area contributed by atoms with E-state index in [1.807, 2.05) is 79.1 Å². The summed E-state index contributed by atoms with van der Waals surface area (Å²) in [5.41, 5.74) is 4.81. The van der Waals surface area contributed by atoms with Gasteiger partial charge in [-0.2, -0.15) is 0 Å². The zero-order valence-electron chi connectivity index (χ0n) is 15.5. The third-order valence-electron chi connectivity index (χ3n) is 4.34. The van der Waals surface area contributed by atoms with Crippen molar-refractivity contribution in [3.8, 4) is 11.4 Å². The highest BCUT2D eigenvalue weighted by Crippen LogP contribution is 2.16. The first-order valence-corrected chi connectivity index (χ1v) is 9.26. The Morgan fingerprint density at radius 1 is 0.500 bits per heavy atom. The summed E-state index contributed by atoms with van der Waals surface area (Å²) < 4.78 is 0. The molecule has 4 aromatic heterocycles. The average molecular weight is 367 g/mol. The summed E-state index contributed by atoms with van der Waals surface area (Å²) in [5.74, 6) is 0. The molecular weight excluding hydrogens is 346 g/mol. The molecule has 0 saturated heterocycles. The van der Waals surface area contributed by atoms with Crippen molar-refractivity contribution in [3.63, 3.8) is 0 Å². The predicted octanol–water partition coefficient (Wildman–Crippen LogP) is 4.14. The van der Waals surface area contributed by atoms with Gasteiger partial charge in [-0.05, 0) is 48.5 Å². The Morgan fingerprint density at radius 3 is 1.61 bits per heavy atom. The molecule has 0 radical (unpaired) electrons. The molecule has 0 aromatic carbocycles. The molecule has 0 saturated carbocycles. The predicted molar refractivity (Wildman–Crippen MR) is 109 cm³/mol. The Kier molecular flexibility index (Phi) is 5.75. The van der Waals surface area contributed by atoms with E-state index in [0.29, 0.717) is 6.54 Å². The lowest BCUT2D eigenvalue weighted by Crippen LogP contribution is -2.24. The topological polar surface area (TPSA) is 54.8 Å². The van der Waals surface area contributed by atoms with Gasteiger partial charge >= 0.3 is 0 Å². The van der Waals surface area contributed by atoms with Gasteiger partial charge in [0.2, 0.25) is 0 Å². The molecule has 0 bridgehead atoms. The third-order valence-corrected chi connectivity index (χ3v) is 4.34. The van der Waals surface area contributed by atoms with Gasteiger partial charge in [0, 0.05) is 38.2 Å². The normalized spacial score (nSPS) is 10.9. The van der Waals surface area contributed by atoms with Crippen molar-refractivity contribution in [2.75, 3.05) is 0 Å². The van der Waals surface area contributed by atoms with Gasteiger partial charge in [-0.3, -0.25) is 19.9 Å². The van der Waals surface area contributed by atoms with Gasteiger partial charge in [-0.25, -0.2) is 4.98 Å². The highest BCUT2D eigenvalue weighted by Gasteiger charge is 2.11. The minimum absolute atomic E-state index is 0.702. The highest BCUT2D eigenvalue weighted by atomic mass is 15.1. The molecule has 4 heterocycles. The minimum Gasteiger partial charge on any atom is -0.286 e. The van der Waals surface area contributed by atoms with Crippen LogP contribution in [0.25, 0.3) is 11.4 Å². The Balaban J connectivity index is 1.56. The average Bonchev–Trinajstić information content (AvgIpc) is 2.76. The Bertz CT molecular complexity index is 949. The molecule has 0 aliphatic heterocycles. The van der Waals surface area contributed by atoms with Crippen LogP contribution in [-0.2, 0) is 19.6 Å². The molecule has 138 valence electrons. The summed E-state index contributed by atoms with van der Waals surface area (Å²) in [6, 6.07) is 23.9. The lowest BCUT2D eigenvalue weighted by molar-refractivity contribution is 0.239. The van der Waals surface area contributed by atoms with Crippen molar-refractivity contribution < 1.29 is 0 Å². The molecule has 0 unspecified atom stereocenters. The lowest BCUT2D eigenvalue weighted by Gasteiger charge is -2.21. The molecule has 0 atom stereocenters. The zero-order chi connectivity index (χ0) is 19.0. The van der Waals surface area contributed by atoms with Crippen molar-refractivity contribution in [1.29, 1.82) is 0 Å². The van der Waals surface area contributed by atoms with Crippen LogP contribution in [0.1, 0.15) is 17.1 Å². The van der Waals surface area contributed by atoms with Gasteiger partial charge in [0.05, 0.1) is 28.5 Å². The Morgan fingerprint density at radius 2 is 1.04 bits per heavy atom. The first-order valence-electron chi connectivity index (χ1n) is 9.26. The van der Waals surface area contributed by atoms with Gasteiger partial charge in [-0.15, -0.1) is 0 Å². The fourth-order valence-electron chi connectivity index (χ4n) is 3.06. The maximum Gasteiger partial charge on any atom is 0.0890 e. The van der Waals surface area contributed by atoms with Crippen molar-refractivity contribution in [1.82, 2.24) is 24.8 Å². The van der Waals surface area contributed by atoms with E-state index in [2.05, 4.69) is 25.9 Å². The SMILES string of the molecule is c1ccc(CN(Cc2ccccn2)Cc2cccc(-c3ccccn3)n2)nc1. The summed E-state index contributed by atoms with van der Waals surface area (Å²) in [5, 5.41) is 0. The molecular formula is C23H21N5. The minimum atomic E-state index is 0.702. The van der Waals surface area contributed by atoms with Gasteiger partial charge < -0.3 is 0 Å². The quantitative estimate of drug-likeness (QED) is 0.491. The molecule has 0 N–H and O–H groups in total. The number of aromatic nitrogens is 4. The van der Waals surface area contributed by atoms with Gasteiger partial charge in [0.15, 0.2) is 0 Å². The summed E-state index contributed by atoms with van der Waals surface area (Å²) in [7, 11) is 0. The van der Waals surface area contributed by atoms with E-state index in [-0.39, 0.29) is 0 Å². The monoisotopic (exact) mass is 367 g/mol. The number of hydrogen-bond acceptors (Lipinski definition) is 5. The summed E-state index contributed by atoms with van der Waals surface area (Å²) >= 11 is 0. The van der Waals surface area contributed by atoms with E-state index >= 15 is 0 Å². The maximum atomic E-state index is 4.82. The van der Waals surface area contributed by atoms with E-state index in [1.54, 1.807) is 6.20 Å². The fourth-order valence-corrected chi connectivity index (χ4v) is 3.06. The molecule has 0 aliphatic rings. The maximum absolute atomic E-state index is 4.82. The second kappa shape index (κ2) is 8.97. The van der Waals surface area contributed by atoms with E-state index in [9.17, 15) is 0 Å². The van der Waals surface area contributed by atoms with Crippen LogP contribution < -0.4 is 0 Å². The smallest absolute Gasteiger partial charge is 0.0890 e. The van der Waals surface area contributed by atoms with E-state index in [4.69, 9.17) is 4.98 Å². The summed E-state index contributed by atoms with van der Waals surface area (Å²) in [6.07, 6.45) is 5.45. The van der Waals surface area contributed by atoms with E-state index in [0.717, 1.165) is 41.6 Å². The Labute approximate surface area is 164 Å². The second-order valence-corrected chi connectivity index (χ2v) is 6.52. The third kappa shape index (κ3) is 4.84. The molecule has 4 rings (SSSR count). The number of rotatable bonds is 7. The molecule has 28 heavy (non-hydrogen) atoms. The first-order chi connectivity index (χ1) is 13.9. The van der Waals surface area contributed by atoms with Crippen molar-refractivity contribution in [3.05, 3.63) is 108 Å². The van der Waals surface area contributed by atoms with Gasteiger partial charge in [-0.1, -0.05) is 24.3 Å². The van der Waals surface area contributed by atoms with Crippen LogP contribution in [0.4, 0.5) is 0 Å². The van der Waals surface area contributed by atoms with Crippen LogP contribution in [0.2, 0.25) is 0 Å². The molecule has 0 aliphatic carbocycles. The lowest BCUT2D eigenvalue weighted by atomic mass is 10.2. The number of hydrogen-bond donors (Lipinski definition) is 0. The summed E-state index contributed by atoms with van der Waals surface area (Å²) in [6.45, 7) is 2.16. The van der Waals surface area contributed by atoms with Gasteiger partial charge in [0.1, 0.15) is 0 Å². The molecule has 4 aromatic rings. The summed E-state index contributed by atoms with van der Waals surface area (Å²) in [4.78, 5) is 20.5. The molecule has 5 heteroatoms. The largest absolute Gasteiger partial charge is 0.286 e. The van der Waals surface area contributed by atoms with Crippen LogP contribution in [0.15, 0.2) is 91.4 Å². The molecule has 0 fully saturated rings. The fraction of sp³-hybridized carbons (Fsp3) is 0.130. The number of nitrogens with zero attached hydrogens (tertiary/aromatic N) is 5. The number of pyridine rings is 4.